The molecule has 8 heteroatoms. The van der Waals surface area contributed by atoms with Crippen molar-refractivity contribution in [3.63, 3.8) is 0 Å². The molecule has 1 aliphatic rings. The van der Waals surface area contributed by atoms with E-state index in [1.807, 2.05) is 0 Å². The summed E-state index contributed by atoms with van der Waals surface area (Å²) in [6.45, 7) is 1.22. The lowest BCUT2D eigenvalue weighted by molar-refractivity contribution is -0.138. The smallest absolute Gasteiger partial charge is 0.337 e. The molecule has 0 spiro atoms. The molecule has 1 fully saturated rings. The summed E-state index contributed by atoms with van der Waals surface area (Å²) in [5, 5.41) is 5.42. The number of carbonyl (C=O) groups is 1. The number of nitrogens with zero attached hydrogens (tertiary/aromatic N) is 3. The van der Waals surface area contributed by atoms with Gasteiger partial charge in [-0.2, -0.15) is 13.2 Å². The number of rotatable bonds is 4. The third-order valence-electron chi connectivity index (χ3n) is 4.53. The van der Waals surface area contributed by atoms with Gasteiger partial charge < -0.3 is 4.90 Å². The van der Waals surface area contributed by atoms with E-state index in [9.17, 15) is 18.0 Å². The van der Waals surface area contributed by atoms with Gasteiger partial charge in [-0.1, -0.05) is 22.7 Å². The standard InChI is InChI=1S/C17H18F3N3OS/c18-17(19,20)14-6-2-1-5-13(14)8-7-12-4-3-9-23(10-12)16(24)15-11-25-22-21-15/h1-2,5-6,11-12H,3-4,7-10H2/t12-/m1/s1. The van der Waals surface area contributed by atoms with Crippen LogP contribution in [-0.2, 0) is 12.6 Å². The molecule has 4 nitrogen and oxygen atoms in total. The van der Waals surface area contributed by atoms with E-state index in [4.69, 9.17) is 0 Å². The predicted octanol–water partition coefficient (Wildman–Crippen LogP) is 4.04. The number of carbonyl (C=O) groups excluding carboxylic acids is 1. The van der Waals surface area contributed by atoms with Crippen LogP contribution in [0.25, 0.3) is 0 Å². The molecule has 2 heterocycles. The summed E-state index contributed by atoms with van der Waals surface area (Å²) in [5.74, 6) is 0.0553. The highest BCUT2D eigenvalue weighted by atomic mass is 32.1. The first-order chi connectivity index (χ1) is 11.9. The molecule has 0 radical (unpaired) electrons. The zero-order valence-electron chi connectivity index (χ0n) is 13.5. The first-order valence-electron chi connectivity index (χ1n) is 8.16. The fourth-order valence-electron chi connectivity index (χ4n) is 3.28. The molecule has 2 aromatic rings. The van der Waals surface area contributed by atoms with Crippen LogP contribution in [0, 0.1) is 5.92 Å². The van der Waals surface area contributed by atoms with E-state index in [0.29, 0.717) is 37.2 Å². The Morgan fingerprint density at radius 3 is 2.84 bits per heavy atom. The van der Waals surface area contributed by atoms with Crippen molar-refractivity contribution >= 4 is 17.4 Å². The number of aryl methyl sites for hydroxylation is 1. The molecule has 134 valence electrons. The molecule has 1 atom stereocenters. The van der Waals surface area contributed by atoms with Crippen molar-refractivity contribution in [1.29, 1.82) is 0 Å². The minimum absolute atomic E-state index is 0.144. The number of hydrogen-bond donors (Lipinski definition) is 0. The zero-order chi connectivity index (χ0) is 17.9. The second-order valence-corrected chi connectivity index (χ2v) is 6.85. The molecule has 0 N–H and O–H groups in total. The lowest BCUT2D eigenvalue weighted by atomic mass is 9.90. The summed E-state index contributed by atoms with van der Waals surface area (Å²) in [4.78, 5) is 14.1. The maximum Gasteiger partial charge on any atom is 0.416 e. The van der Waals surface area contributed by atoms with E-state index in [-0.39, 0.29) is 11.8 Å². The summed E-state index contributed by atoms with van der Waals surface area (Å²) in [7, 11) is 0. The van der Waals surface area contributed by atoms with Crippen molar-refractivity contribution in [1.82, 2.24) is 14.5 Å². The van der Waals surface area contributed by atoms with Crippen LogP contribution >= 0.6 is 11.5 Å². The molecule has 1 aromatic carbocycles. The van der Waals surface area contributed by atoms with Crippen molar-refractivity contribution in [3.05, 3.63) is 46.5 Å². The van der Waals surface area contributed by atoms with E-state index in [1.54, 1.807) is 16.3 Å². The Labute approximate surface area is 147 Å². The number of amides is 1. The highest BCUT2D eigenvalue weighted by molar-refractivity contribution is 7.03. The van der Waals surface area contributed by atoms with Gasteiger partial charge in [0.2, 0.25) is 0 Å². The Balaban J connectivity index is 1.62. The Bertz CT molecular complexity index is 718. The molecule has 3 rings (SSSR count). The SMILES string of the molecule is O=C(c1csnn1)N1CCC[C@H](CCc2ccccc2C(F)(F)F)C1. The average Bonchev–Trinajstić information content (AvgIpc) is 3.13. The Morgan fingerprint density at radius 1 is 1.32 bits per heavy atom. The molecular formula is C17H18F3N3OS. The normalized spacial score (nSPS) is 18.4. The molecule has 0 saturated carbocycles. The largest absolute Gasteiger partial charge is 0.416 e. The molecular weight excluding hydrogens is 351 g/mol. The Kier molecular flexibility index (Phi) is 5.36. The fraction of sp³-hybridized carbons (Fsp3) is 0.471. The lowest BCUT2D eigenvalue weighted by Gasteiger charge is -2.32. The van der Waals surface area contributed by atoms with Crippen LogP contribution in [0.1, 0.15) is 40.9 Å². The number of aromatic nitrogens is 2. The van der Waals surface area contributed by atoms with Gasteiger partial charge in [0, 0.05) is 18.5 Å². The average molecular weight is 369 g/mol. The summed E-state index contributed by atoms with van der Waals surface area (Å²) in [6.07, 6.45) is -1.56. The minimum atomic E-state index is -4.33. The molecule has 1 aliphatic heterocycles. The van der Waals surface area contributed by atoms with E-state index in [1.165, 1.54) is 12.1 Å². The number of halogens is 3. The molecule has 25 heavy (non-hydrogen) atoms. The van der Waals surface area contributed by atoms with Crippen LogP contribution in [0.15, 0.2) is 29.6 Å². The van der Waals surface area contributed by atoms with Crippen LogP contribution < -0.4 is 0 Å². The van der Waals surface area contributed by atoms with Gasteiger partial charge in [0.05, 0.1) is 5.56 Å². The van der Waals surface area contributed by atoms with Gasteiger partial charge in [0.15, 0.2) is 5.69 Å². The molecule has 0 unspecified atom stereocenters. The first-order valence-corrected chi connectivity index (χ1v) is 9.00. The summed E-state index contributed by atoms with van der Waals surface area (Å²) in [6, 6.07) is 5.71. The fourth-order valence-corrected chi connectivity index (χ4v) is 3.71. The van der Waals surface area contributed by atoms with Gasteiger partial charge in [0.25, 0.3) is 5.91 Å². The minimum Gasteiger partial charge on any atom is -0.337 e. The zero-order valence-corrected chi connectivity index (χ0v) is 14.3. The molecule has 1 amide bonds. The topological polar surface area (TPSA) is 46.1 Å². The Morgan fingerprint density at radius 2 is 2.12 bits per heavy atom. The first kappa shape index (κ1) is 17.8. The van der Waals surface area contributed by atoms with E-state index in [0.717, 1.165) is 30.4 Å². The van der Waals surface area contributed by atoms with E-state index < -0.39 is 11.7 Å². The highest BCUT2D eigenvalue weighted by Gasteiger charge is 2.33. The van der Waals surface area contributed by atoms with Crippen LogP contribution in [-0.4, -0.2) is 33.5 Å². The number of alkyl halides is 3. The van der Waals surface area contributed by atoms with Gasteiger partial charge >= 0.3 is 6.18 Å². The molecule has 1 aromatic heterocycles. The van der Waals surface area contributed by atoms with Crippen molar-refractivity contribution in [2.45, 2.75) is 31.9 Å². The third kappa shape index (κ3) is 4.36. The van der Waals surface area contributed by atoms with Gasteiger partial charge in [0.1, 0.15) is 0 Å². The van der Waals surface area contributed by atoms with Crippen LogP contribution in [0.3, 0.4) is 0 Å². The molecule has 1 saturated heterocycles. The number of piperidine rings is 1. The maximum atomic E-state index is 13.1. The van der Waals surface area contributed by atoms with Crippen molar-refractivity contribution in [3.8, 4) is 0 Å². The van der Waals surface area contributed by atoms with Gasteiger partial charge in [-0.15, -0.1) is 5.10 Å². The molecule has 0 aliphatic carbocycles. The van der Waals surface area contributed by atoms with Crippen molar-refractivity contribution in [2.24, 2.45) is 5.92 Å². The van der Waals surface area contributed by atoms with Gasteiger partial charge in [-0.05, 0) is 54.8 Å². The predicted molar refractivity (Wildman–Crippen MR) is 88.3 cm³/mol. The van der Waals surface area contributed by atoms with Crippen LogP contribution in [0.5, 0.6) is 0 Å². The second-order valence-electron chi connectivity index (χ2n) is 6.24. The second kappa shape index (κ2) is 7.51. The maximum absolute atomic E-state index is 13.1. The van der Waals surface area contributed by atoms with E-state index in [2.05, 4.69) is 9.59 Å². The number of benzene rings is 1. The van der Waals surface area contributed by atoms with Gasteiger partial charge in [-0.25, -0.2) is 0 Å². The van der Waals surface area contributed by atoms with Crippen LogP contribution in [0.2, 0.25) is 0 Å². The highest BCUT2D eigenvalue weighted by Crippen LogP contribution is 2.33. The lowest BCUT2D eigenvalue weighted by Crippen LogP contribution is -2.40. The van der Waals surface area contributed by atoms with Crippen LogP contribution in [0.4, 0.5) is 13.2 Å². The quantitative estimate of drug-likeness (QED) is 0.817. The molecule has 0 bridgehead atoms. The monoisotopic (exact) mass is 369 g/mol. The van der Waals surface area contributed by atoms with Gasteiger partial charge in [-0.3, -0.25) is 4.79 Å². The van der Waals surface area contributed by atoms with Crippen molar-refractivity contribution in [2.75, 3.05) is 13.1 Å². The Hall–Kier alpha value is -1.96. The third-order valence-corrected chi connectivity index (χ3v) is 5.03. The summed E-state index contributed by atoms with van der Waals surface area (Å²) >= 11 is 1.13. The van der Waals surface area contributed by atoms with E-state index >= 15 is 0 Å². The number of hydrogen-bond acceptors (Lipinski definition) is 4. The number of likely N-dealkylation sites (tertiary alicyclic amines) is 1. The van der Waals surface area contributed by atoms with Crippen molar-refractivity contribution < 1.29 is 18.0 Å². The summed E-state index contributed by atoms with van der Waals surface area (Å²) < 4.78 is 42.9. The summed E-state index contributed by atoms with van der Waals surface area (Å²) in [5.41, 5.74) is 0.0995.